The first kappa shape index (κ1) is 15.7. The summed E-state index contributed by atoms with van der Waals surface area (Å²) in [5.41, 5.74) is 1.38. The summed E-state index contributed by atoms with van der Waals surface area (Å²) in [5.74, 6) is -0.139. The number of amides is 1. The van der Waals surface area contributed by atoms with Crippen LogP contribution in [0.15, 0.2) is 36.8 Å². The van der Waals surface area contributed by atoms with Crippen LogP contribution in [0.2, 0.25) is 10.2 Å². The zero-order valence-electron chi connectivity index (χ0n) is 11.8. The average Bonchev–Trinajstić information content (AvgIpc) is 2.47. The molecule has 2 heterocycles. The van der Waals surface area contributed by atoms with Crippen LogP contribution >= 0.6 is 23.2 Å². The maximum absolute atomic E-state index is 12.6. The molecule has 2 aromatic heterocycles. The number of carbonyl (C=O) groups is 1. The van der Waals surface area contributed by atoms with Gasteiger partial charge in [-0.3, -0.25) is 9.78 Å². The second-order valence-corrected chi connectivity index (χ2v) is 5.65. The highest BCUT2D eigenvalue weighted by Crippen LogP contribution is 2.21. The van der Waals surface area contributed by atoms with Crippen LogP contribution in [-0.4, -0.2) is 26.8 Å². The van der Waals surface area contributed by atoms with Gasteiger partial charge in [0, 0.05) is 31.2 Å². The third-order valence-corrected chi connectivity index (χ3v) is 3.69. The summed E-state index contributed by atoms with van der Waals surface area (Å²) in [6.45, 7) is 4.39. The molecule has 0 N–H and O–H groups in total. The number of halogens is 2. The van der Waals surface area contributed by atoms with Crippen molar-refractivity contribution in [2.75, 3.05) is 0 Å². The van der Waals surface area contributed by atoms with Gasteiger partial charge >= 0.3 is 0 Å². The van der Waals surface area contributed by atoms with Gasteiger partial charge in [0.1, 0.15) is 5.15 Å². The topological polar surface area (TPSA) is 46.1 Å². The molecule has 0 saturated carbocycles. The largest absolute Gasteiger partial charge is 0.332 e. The Hall–Kier alpha value is -1.65. The van der Waals surface area contributed by atoms with E-state index in [0.717, 1.165) is 5.56 Å². The number of pyridine rings is 2. The number of carbonyl (C=O) groups excluding carboxylic acids is 1. The van der Waals surface area contributed by atoms with Crippen molar-refractivity contribution in [3.8, 4) is 0 Å². The summed E-state index contributed by atoms with van der Waals surface area (Å²) >= 11 is 11.7. The summed E-state index contributed by atoms with van der Waals surface area (Å²) in [5, 5.41) is 0.462. The summed E-state index contributed by atoms with van der Waals surface area (Å²) in [6.07, 6.45) is 4.89. The molecule has 0 aromatic carbocycles. The Balaban J connectivity index is 2.25. The zero-order valence-corrected chi connectivity index (χ0v) is 13.3. The summed E-state index contributed by atoms with van der Waals surface area (Å²) in [6, 6.07) is 5.35. The van der Waals surface area contributed by atoms with E-state index in [1.54, 1.807) is 17.3 Å². The Morgan fingerprint density at radius 1 is 1.33 bits per heavy atom. The average molecular weight is 324 g/mol. The molecule has 0 aliphatic heterocycles. The lowest BCUT2D eigenvalue weighted by Gasteiger charge is -2.26. The second kappa shape index (κ2) is 6.87. The lowest BCUT2D eigenvalue weighted by Crippen LogP contribution is -2.36. The van der Waals surface area contributed by atoms with Crippen LogP contribution in [0.3, 0.4) is 0 Å². The summed E-state index contributed by atoms with van der Waals surface area (Å²) in [4.78, 5) is 22.3. The highest BCUT2D eigenvalue weighted by atomic mass is 35.5. The van der Waals surface area contributed by atoms with Gasteiger partial charge in [0.05, 0.1) is 10.6 Å². The maximum atomic E-state index is 12.6. The first-order valence-electron chi connectivity index (χ1n) is 6.50. The van der Waals surface area contributed by atoms with E-state index in [0.29, 0.717) is 12.1 Å². The van der Waals surface area contributed by atoms with Crippen molar-refractivity contribution in [2.24, 2.45) is 0 Å². The predicted octanol–water partition coefficient (Wildman–Crippen LogP) is 3.83. The van der Waals surface area contributed by atoms with Gasteiger partial charge in [-0.2, -0.15) is 0 Å². The number of aromatic nitrogens is 2. The number of nitrogens with zero attached hydrogens (tertiary/aromatic N) is 3. The molecular formula is C15H15Cl2N3O. The van der Waals surface area contributed by atoms with Crippen molar-refractivity contribution < 1.29 is 4.79 Å². The molecule has 0 spiro atoms. The van der Waals surface area contributed by atoms with Gasteiger partial charge in [-0.1, -0.05) is 29.3 Å². The fourth-order valence-corrected chi connectivity index (χ4v) is 2.15. The normalized spacial score (nSPS) is 10.7. The molecule has 2 aromatic rings. The van der Waals surface area contributed by atoms with Gasteiger partial charge in [-0.05, 0) is 31.5 Å². The van der Waals surface area contributed by atoms with Gasteiger partial charge in [0.2, 0.25) is 0 Å². The summed E-state index contributed by atoms with van der Waals surface area (Å²) in [7, 11) is 0. The molecule has 6 heteroatoms. The highest BCUT2D eigenvalue weighted by Gasteiger charge is 2.20. The fraction of sp³-hybridized carbons (Fsp3) is 0.267. The first-order valence-corrected chi connectivity index (χ1v) is 7.25. The molecule has 0 fully saturated rings. The van der Waals surface area contributed by atoms with Crippen LogP contribution in [0.25, 0.3) is 0 Å². The van der Waals surface area contributed by atoms with Crippen molar-refractivity contribution in [3.63, 3.8) is 0 Å². The Morgan fingerprint density at radius 3 is 2.67 bits per heavy atom. The first-order chi connectivity index (χ1) is 9.99. The molecule has 0 unspecified atom stereocenters. The second-order valence-electron chi connectivity index (χ2n) is 4.88. The van der Waals surface area contributed by atoms with E-state index in [1.807, 2.05) is 26.0 Å². The zero-order chi connectivity index (χ0) is 15.4. The van der Waals surface area contributed by atoms with Crippen molar-refractivity contribution >= 4 is 29.1 Å². The van der Waals surface area contributed by atoms with E-state index < -0.39 is 0 Å². The number of rotatable bonds is 4. The molecule has 110 valence electrons. The van der Waals surface area contributed by atoms with Gasteiger partial charge in [0.15, 0.2) is 0 Å². The molecule has 0 bridgehead atoms. The quantitative estimate of drug-likeness (QED) is 0.803. The predicted molar refractivity (Wildman–Crippen MR) is 83.5 cm³/mol. The molecule has 0 aliphatic rings. The van der Waals surface area contributed by atoms with Crippen LogP contribution in [0, 0.1) is 0 Å². The molecule has 0 radical (unpaired) electrons. The fourth-order valence-electron chi connectivity index (χ4n) is 1.88. The Kier molecular flexibility index (Phi) is 5.15. The maximum Gasteiger partial charge on any atom is 0.256 e. The molecule has 0 saturated heterocycles. The number of hydrogen-bond acceptors (Lipinski definition) is 3. The third kappa shape index (κ3) is 3.93. The van der Waals surface area contributed by atoms with Gasteiger partial charge in [-0.15, -0.1) is 0 Å². The van der Waals surface area contributed by atoms with Gasteiger partial charge < -0.3 is 4.90 Å². The Morgan fingerprint density at radius 2 is 2.10 bits per heavy atom. The minimum absolute atomic E-state index is 0.0344. The van der Waals surface area contributed by atoms with Crippen molar-refractivity contribution in [1.29, 1.82) is 0 Å². The van der Waals surface area contributed by atoms with E-state index in [4.69, 9.17) is 23.2 Å². The molecule has 4 nitrogen and oxygen atoms in total. The Bertz CT molecular complexity index is 632. The molecule has 2 rings (SSSR count). The van der Waals surface area contributed by atoms with Crippen LogP contribution in [0.1, 0.15) is 29.8 Å². The molecular weight excluding hydrogens is 309 g/mol. The van der Waals surface area contributed by atoms with Crippen molar-refractivity contribution in [2.45, 2.75) is 26.4 Å². The van der Waals surface area contributed by atoms with Crippen LogP contribution in [0.5, 0.6) is 0 Å². The SMILES string of the molecule is CC(C)N(Cc1cccnc1)C(=O)c1cnc(Cl)c(Cl)c1. The Labute approximate surface area is 133 Å². The minimum atomic E-state index is -0.139. The molecule has 21 heavy (non-hydrogen) atoms. The van der Waals surface area contributed by atoms with Crippen LogP contribution in [-0.2, 0) is 6.54 Å². The van der Waals surface area contributed by atoms with Gasteiger partial charge in [-0.25, -0.2) is 4.98 Å². The molecule has 0 aliphatic carbocycles. The lowest BCUT2D eigenvalue weighted by atomic mass is 10.2. The van der Waals surface area contributed by atoms with E-state index in [2.05, 4.69) is 9.97 Å². The van der Waals surface area contributed by atoms with E-state index >= 15 is 0 Å². The molecule has 0 atom stereocenters. The smallest absolute Gasteiger partial charge is 0.256 e. The van der Waals surface area contributed by atoms with E-state index in [9.17, 15) is 4.79 Å². The van der Waals surface area contributed by atoms with E-state index in [1.165, 1.54) is 12.3 Å². The van der Waals surface area contributed by atoms with Gasteiger partial charge in [0.25, 0.3) is 5.91 Å². The van der Waals surface area contributed by atoms with E-state index in [-0.39, 0.29) is 22.1 Å². The summed E-state index contributed by atoms with van der Waals surface area (Å²) < 4.78 is 0. The number of hydrogen-bond donors (Lipinski definition) is 0. The van der Waals surface area contributed by atoms with Crippen LogP contribution < -0.4 is 0 Å². The third-order valence-electron chi connectivity index (χ3n) is 3.00. The monoisotopic (exact) mass is 323 g/mol. The van der Waals surface area contributed by atoms with Crippen molar-refractivity contribution in [3.05, 3.63) is 58.1 Å². The highest BCUT2D eigenvalue weighted by molar-refractivity contribution is 6.41. The van der Waals surface area contributed by atoms with Crippen molar-refractivity contribution in [1.82, 2.24) is 14.9 Å². The minimum Gasteiger partial charge on any atom is -0.332 e. The lowest BCUT2D eigenvalue weighted by molar-refractivity contribution is 0.0690. The standard InChI is InChI=1S/C15H15Cl2N3O/c1-10(2)20(9-11-4-3-5-18-7-11)15(21)12-6-13(16)14(17)19-8-12/h3-8,10H,9H2,1-2H3. The van der Waals surface area contributed by atoms with Crippen LogP contribution in [0.4, 0.5) is 0 Å². The molecule has 1 amide bonds.